The van der Waals surface area contributed by atoms with Gasteiger partial charge in [0.2, 0.25) is 17.8 Å². The standard InChI is InChI=1S/C19H27N5O2/c1-14(25)23-9-2-6-19(17(26)22-10-15-4-5-15)13-24(12-16(19)11-23)18-20-7-3-8-21-18/h3,7-8,15-16H,2,4-6,9-13H2,1H3,(H,22,26)/t16-,19-/m1/s1. The highest BCUT2D eigenvalue weighted by atomic mass is 16.2. The van der Waals surface area contributed by atoms with Crippen molar-refractivity contribution >= 4 is 17.8 Å². The SMILES string of the molecule is CC(=O)N1CCC[C@@]2(C(=O)NCC3CC3)CN(c3ncccn3)C[C@H]2C1. The Hall–Kier alpha value is -2.18. The molecule has 2 saturated heterocycles. The maximum absolute atomic E-state index is 13.3. The van der Waals surface area contributed by atoms with E-state index in [9.17, 15) is 9.59 Å². The second kappa shape index (κ2) is 6.85. The van der Waals surface area contributed by atoms with Crippen LogP contribution in [0.2, 0.25) is 0 Å². The number of rotatable bonds is 4. The van der Waals surface area contributed by atoms with Crippen molar-refractivity contribution in [2.24, 2.45) is 17.3 Å². The molecule has 7 nitrogen and oxygen atoms in total. The quantitative estimate of drug-likeness (QED) is 0.872. The first-order valence-corrected chi connectivity index (χ1v) is 9.64. The summed E-state index contributed by atoms with van der Waals surface area (Å²) in [5.74, 6) is 1.68. The molecule has 2 atom stereocenters. The number of hydrogen-bond donors (Lipinski definition) is 1. The molecule has 1 aromatic heterocycles. The summed E-state index contributed by atoms with van der Waals surface area (Å²) >= 11 is 0. The van der Waals surface area contributed by atoms with Crippen molar-refractivity contribution < 1.29 is 9.59 Å². The van der Waals surface area contributed by atoms with E-state index in [2.05, 4.69) is 20.2 Å². The maximum Gasteiger partial charge on any atom is 0.228 e. The minimum absolute atomic E-state index is 0.0913. The summed E-state index contributed by atoms with van der Waals surface area (Å²) in [5, 5.41) is 3.21. The zero-order valence-electron chi connectivity index (χ0n) is 15.4. The van der Waals surface area contributed by atoms with Gasteiger partial charge in [-0.25, -0.2) is 9.97 Å². The van der Waals surface area contributed by atoms with Gasteiger partial charge in [0, 0.05) is 58.0 Å². The van der Waals surface area contributed by atoms with Crippen molar-refractivity contribution in [1.82, 2.24) is 20.2 Å². The van der Waals surface area contributed by atoms with Crippen LogP contribution in [0, 0.1) is 17.3 Å². The van der Waals surface area contributed by atoms with Gasteiger partial charge in [-0.3, -0.25) is 9.59 Å². The molecule has 1 N–H and O–H groups in total. The third kappa shape index (κ3) is 3.27. The molecular weight excluding hydrogens is 330 g/mol. The normalized spacial score (nSPS) is 28.4. The molecule has 140 valence electrons. The number of hydrogen-bond acceptors (Lipinski definition) is 5. The second-order valence-corrected chi connectivity index (χ2v) is 8.00. The average molecular weight is 357 g/mol. The summed E-state index contributed by atoms with van der Waals surface area (Å²) in [6.45, 7) is 5.12. The van der Waals surface area contributed by atoms with Crippen LogP contribution in [0.3, 0.4) is 0 Å². The summed E-state index contributed by atoms with van der Waals surface area (Å²) in [4.78, 5) is 38.0. The Balaban J connectivity index is 1.59. The lowest BCUT2D eigenvalue weighted by Crippen LogP contribution is -2.48. The molecule has 7 heteroatoms. The van der Waals surface area contributed by atoms with E-state index < -0.39 is 5.41 Å². The number of nitrogens with zero attached hydrogens (tertiary/aromatic N) is 4. The number of carbonyl (C=O) groups is 2. The zero-order valence-corrected chi connectivity index (χ0v) is 15.4. The van der Waals surface area contributed by atoms with Gasteiger partial charge < -0.3 is 15.1 Å². The van der Waals surface area contributed by atoms with Crippen molar-refractivity contribution in [3.05, 3.63) is 18.5 Å². The highest BCUT2D eigenvalue weighted by Crippen LogP contribution is 2.44. The average Bonchev–Trinajstić information content (AvgIpc) is 3.43. The molecular formula is C19H27N5O2. The fourth-order valence-corrected chi connectivity index (χ4v) is 4.43. The highest BCUT2D eigenvalue weighted by molar-refractivity contribution is 5.85. The fraction of sp³-hybridized carbons (Fsp3) is 0.684. The first-order valence-electron chi connectivity index (χ1n) is 9.64. The molecule has 26 heavy (non-hydrogen) atoms. The van der Waals surface area contributed by atoms with Gasteiger partial charge in [-0.05, 0) is 37.7 Å². The summed E-state index contributed by atoms with van der Waals surface area (Å²) in [6, 6.07) is 1.80. The van der Waals surface area contributed by atoms with Crippen LogP contribution < -0.4 is 10.2 Å². The van der Waals surface area contributed by atoms with Crippen LogP contribution in [-0.4, -0.2) is 59.4 Å². The van der Waals surface area contributed by atoms with E-state index >= 15 is 0 Å². The van der Waals surface area contributed by atoms with E-state index in [1.54, 1.807) is 25.4 Å². The third-order valence-electron chi connectivity index (χ3n) is 6.17. The van der Waals surface area contributed by atoms with Crippen LogP contribution in [0.5, 0.6) is 0 Å². The topological polar surface area (TPSA) is 78.4 Å². The van der Waals surface area contributed by atoms with Gasteiger partial charge in [-0.15, -0.1) is 0 Å². The number of likely N-dealkylation sites (tertiary alicyclic amines) is 1. The van der Waals surface area contributed by atoms with Crippen LogP contribution in [0.15, 0.2) is 18.5 Å². The Kier molecular flexibility index (Phi) is 4.54. The van der Waals surface area contributed by atoms with Gasteiger partial charge >= 0.3 is 0 Å². The molecule has 1 aliphatic carbocycles. The molecule has 0 radical (unpaired) electrons. The largest absolute Gasteiger partial charge is 0.355 e. The van der Waals surface area contributed by atoms with E-state index in [1.165, 1.54) is 12.8 Å². The molecule has 2 amide bonds. The Morgan fingerprint density at radius 3 is 2.73 bits per heavy atom. The number of amides is 2. The molecule has 3 heterocycles. The lowest BCUT2D eigenvalue weighted by Gasteiger charge is -2.32. The Morgan fingerprint density at radius 2 is 2.04 bits per heavy atom. The third-order valence-corrected chi connectivity index (χ3v) is 6.17. The Morgan fingerprint density at radius 1 is 1.27 bits per heavy atom. The molecule has 0 bridgehead atoms. The van der Waals surface area contributed by atoms with Crippen LogP contribution in [0.25, 0.3) is 0 Å². The smallest absolute Gasteiger partial charge is 0.228 e. The molecule has 1 saturated carbocycles. The number of carbonyl (C=O) groups excluding carboxylic acids is 2. The van der Waals surface area contributed by atoms with Crippen molar-refractivity contribution in [2.75, 3.05) is 37.6 Å². The Labute approximate surface area is 154 Å². The lowest BCUT2D eigenvalue weighted by atomic mass is 9.74. The fourth-order valence-electron chi connectivity index (χ4n) is 4.43. The van der Waals surface area contributed by atoms with E-state index in [-0.39, 0.29) is 17.7 Å². The number of nitrogens with one attached hydrogen (secondary N) is 1. The molecule has 1 aromatic rings. The van der Waals surface area contributed by atoms with Crippen LogP contribution >= 0.6 is 0 Å². The second-order valence-electron chi connectivity index (χ2n) is 8.00. The molecule has 0 unspecified atom stereocenters. The van der Waals surface area contributed by atoms with Crippen molar-refractivity contribution in [1.29, 1.82) is 0 Å². The molecule has 0 spiro atoms. The van der Waals surface area contributed by atoms with Crippen molar-refractivity contribution in [3.63, 3.8) is 0 Å². The van der Waals surface area contributed by atoms with Crippen molar-refractivity contribution in [3.8, 4) is 0 Å². The van der Waals surface area contributed by atoms with E-state index in [0.717, 1.165) is 25.9 Å². The predicted octanol–water partition coefficient (Wildman–Crippen LogP) is 1.07. The number of anilines is 1. The summed E-state index contributed by atoms with van der Waals surface area (Å²) < 4.78 is 0. The maximum atomic E-state index is 13.3. The van der Waals surface area contributed by atoms with Crippen LogP contribution in [0.4, 0.5) is 5.95 Å². The summed E-state index contributed by atoms with van der Waals surface area (Å²) in [7, 11) is 0. The van der Waals surface area contributed by atoms with Crippen molar-refractivity contribution in [2.45, 2.75) is 32.6 Å². The number of fused-ring (bicyclic) bond motifs is 1. The van der Waals surface area contributed by atoms with Gasteiger partial charge in [0.05, 0.1) is 5.41 Å². The molecule has 2 aliphatic heterocycles. The summed E-state index contributed by atoms with van der Waals surface area (Å²) in [6.07, 6.45) is 7.58. The first kappa shape index (κ1) is 17.2. The minimum atomic E-state index is -0.460. The van der Waals surface area contributed by atoms with Gasteiger partial charge in [0.1, 0.15) is 0 Å². The molecule has 0 aromatic carbocycles. The Bertz CT molecular complexity index is 678. The van der Waals surface area contributed by atoms with Crippen LogP contribution in [-0.2, 0) is 9.59 Å². The molecule has 3 fully saturated rings. The number of aromatic nitrogens is 2. The van der Waals surface area contributed by atoms with Gasteiger partial charge in [0.15, 0.2) is 0 Å². The first-order chi connectivity index (χ1) is 12.6. The molecule has 3 aliphatic rings. The van der Waals surface area contributed by atoms with Crippen LogP contribution in [0.1, 0.15) is 32.6 Å². The molecule has 4 rings (SSSR count). The predicted molar refractivity (Wildman–Crippen MR) is 97.4 cm³/mol. The monoisotopic (exact) mass is 357 g/mol. The lowest BCUT2D eigenvalue weighted by molar-refractivity contribution is -0.134. The van der Waals surface area contributed by atoms with E-state index in [4.69, 9.17) is 0 Å². The highest BCUT2D eigenvalue weighted by Gasteiger charge is 2.53. The zero-order chi connectivity index (χ0) is 18.1. The van der Waals surface area contributed by atoms with E-state index in [1.807, 2.05) is 4.90 Å². The minimum Gasteiger partial charge on any atom is -0.355 e. The van der Waals surface area contributed by atoms with Gasteiger partial charge in [-0.1, -0.05) is 0 Å². The summed E-state index contributed by atoms with van der Waals surface area (Å²) in [5.41, 5.74) is -0.460. The van der Waals surface area contributed by atoms with E-state index in [0.29, 0.717) is 31.5 Å². The van der Waals surface area contributed by atoms with Gasteiger partial charge in [0.25, 0.3) is 0 Å². The van der Waals surface area contributed by atoms with Gasteiger partial charge in [-0.2, -0.15) is 0 Å².